The molecule has 3 heteroatoms. The lowest BCUT2D eigenvalue weighted by Gasteiger charge is -2.25. The molecule has 0 saturated heterocycles. The lowest BCUT2D eigenvalue weighted by molar-refractivity contribution is -0.132. The van der Waals surface area contributed by atoms with E-state index in [4.69, 9.17) is 4.74 Å². The molecule has 0 aromatic heterocycles. The quantitative estimate of drug-likeness (QED) is 0.514. The molecule has 0 bridgehead atoms. The summed E-state index contributed by atoms with van der Waals surface area (Å²) in [6.07, 6.45) is 7.16. The van der Waals surface area contributed by atoms with Gasteiger partial charge in [-0.3, -0.25) is 0 Å². The molecule has 3 nitrogen and oxygen atoms in total. The zero-order chi connectivity index (χ0) is 13.9. The van der Waals surface area contributed by atoms with Crippen molar-refractivity contribution in [2.45, 2.75) is 18.9 Å². The molecule has 0 heterocycles. The van der Waals surface area contributed by atoms with Crippen LogP contribution >= 0.6 is 0 Å². The van der Waals surface area contributed by atoms with Gasteiger partial charge in [-0.15, -0.1) is 0 Å². The van der Waals surface area contributed by atoms with Crippen molar-refractivity contribution in [3.63, 3.8) is 0 Å². The van der Waals surface area contributed by atoms with Gasteiger partial charge in [-0.1, -0.05) is 42.5 Å². The summed E-state index contributed by atoms with van der Waals surface area (Å²) < 4.78 is 5.19. The highest BCUT2D eigenvalue weighted by Crippen LogP contribution is 2.26. The Morgan fingerprint density at radius 2 is 2.00 bits per heavy atom. The van der Waals surface area contributed by atoms with Gasteiger partial charge in [0, 0.05) is 6.42 Å². The van der Waals surface area contributed by atoms with E-state index in [2.05, 4.69) is 6.58 Å². The van der Waals surface area contributed by atoms with Gasteiger partial charge < -0.3 is 9.84 Å². The number of carbonyl (C=O) groups excluding carboxylic acids is 1. The number of esters is 1. The van der Waals surface area contributed by atoms with Crippen LogP contribution in [0.5, 0.6) is 5.75 Å². The minimum absolute atomic E-state index is 0.0358. The molecule has 98 valence electrons. The summed E-state index contributed by atoms with van der Waals surface area (Å²) in [5.41, 5.74) is -0.234. The number of rotatable bonds is 3. The monoisotopic (exact) mass is 256 g/mol. The second kappa shape index (κ2) is 5.24. The fourth-order valence-electron chi connectivity index (χ4n) is 1.78. The first-order chi connectivity index (χ1) is 9.01. The number of carbonyl (C=O) groups is 1. The van der Waals surface area contributed by atoms with Crippen LogP contribution in [-0.2, 0) is 4.79 Å². The maximum Gasteiger partial charge on any atom is 0.342 e. The number of aryl methyl sites for hydroxylation is 1. The summed E-state index contributed by atoms with van der Waals surface area (Å²) in [5.74, 6) is -0.179. The van der Waals surface area contributed by atoms with Gasteiger partial charge >= 0.3 is 5.97 Å². The van der Waals surface area contributed by atoms with E-state index < -0.39 is 11.6 Å². The van der Waals surface area contributed by atoms with E-state index in [1.165, 1.54) is 0 Å². The molecule has 1 aromatic carbocycles. The molecule has 0 fully saturated rings. The largest absolute Gasteiger partial charge is 0.423 e. The first kappa shape index (κ1) is 13.3. The van der Waals surface area contributed by atoms with Crippen LogP contribution in [0.3, 0.4) is 0 Å². The molecule has 2 rings (SSSR count). The number of hydrogen-bond acceptors (Lipinski definition) is 3. The molecule has 1 aliphatic carbocycles. The maximum absolute atomic E-state index is 12.0. The second-order valence-electron chi connectivity index (χ2n) is 4.60. The maximum atomic E-state index is 12.0. The summed E-state index contributed by atoms with van der Waals surface area (Å²) in [7, 11) is 0. The Kier molecular flexibility index (Phi) is 3.67. The first-order valence-electron chi connectivity index (χ1n) is 6.06. The van der Waals surface area contributed by atoms with Crippen LogP contribution in [0.4, 0.5) is 0 Å². The van der Waals surface area contributed by atoms with Gasteiger partial charge in [0.05, 0.1) is 5.57 Å². The lowest BCUT2D eigenvalue weighted by atomic mass is 9.88. The zero-order valence-corrected chi connectivity index (χ0v) is 10.8. The Balaban J connectivity index is 2.08. The molecular weight excluding hydrogens is 240 g/mol. The highest BCUT2D eigenvalue weighted by atomic mass is 16.5. The first-order valence-corrected chi connectivity index (χ1v) is 6.06. The van der Waals surface area contributed by atoms with Gasteiger partial charge in [-0.25, -0.2) is 4.79 Å². The summed E-state index contributed by atoms with van der Waals surface area (Å²) >= 11 is 0. The summed E-state index contributed by atoms with van der Waals surface area (Å²) in [6, 6.07) is 7.12. The van der Waals surface area contributed by atoms with Gasteiger partial charge in [0.2, 0.25) is 0 Å². The zero-order valence-electron chi connectivity index (χ0n) is 10.8. The van der Waals surface area contributed by atoms with Gasteiger partial charge in [0.15, 0.2) is 0 Å². The predicted octanol–water partition coefficient (Wildman–Crippen LogP) is 2.70. The van der Waals surface area contributed by atoms with Crippen molar-refractivity contribution in [1.82, 2.24) is 0 Å². The molecule has 1 unspecified atom stereocenters. The van der Waals surface area contributed by atoms with Crippen LogP contribution in [0.15, 0.2) is 60.7 Å². The standard InChI is InChI=1S/C16H16O3/c1-12-6-8-14(9-7-12)19-15(17)13(2)16(18)10-4-3-5-11-16/h3-10,18H,2,11H2,1H3. The van der Waals surface area contributed by atoms with E-state index in [0.717, 1.165) is 5.56 Å². The summed E-state index contributed by atoms with van der Waals surface area (Å²) in [5, 5.41) is 10.3. The van der Waals surface area contributed by atoms with E-state index in [0.29, 0.717) is 12.2 Å². The molecule has 1 aromatic rings. The van der Waals surface area contributed by atoms with Crippen LogP contribution in [0.1, 0.15) is 12.0 Å². The third-order valence-corrected chi connectivity index (χ3v) is 3.05. The SMILES string of the molecule is C=C(C(=O)Oc1ccc(C)cc1)C1(O)C=CC=CC1. The van der Waals surface area contributed by atoms with Gasteiger partial charge in [0.1, 0.15) is 11.4 Å². The van der Waals surface area contributed by atoms with Crippen molar-refractivity contribution in [3.05, 3.63) is 66.3 Å². The third kappa shape index (κ3) is 3.01. The third-order valence-electron chi connectivity index (χ3n) is 3.05. The van der Waals surface area contributed by atoms with Crippen LogP contribution in [-0.4, -0.2) is 16.7 Å². The van der Waals surface area contributed by atoms with E-state index in [-0.39, 0.29) is 5.57 Å². The van der Waals surface area contributed by atoms with Crippen LogP contribution < -0.4 is 4.74 Å². The number of allylic oxidation sites excluding steroid dienone is 2. The summed E-state index contributed by atoms with van der Waals surface area (Å²) in [6.45, 7) is 5.60. The average molecular weight is 256 g/mol. The lowest BCUT2D eigenvalue weighted by Crippen LogP contribution is -2.34. The van der Waals surface area contributed by atoms with Crippen LogP contribution in [0.2, 0.25) is 0 Å². The molecule has 0 radical (unpaired) electrons. The van der Waals surface area contributed by atoms with Crippen molar-refractivity contribution in [2.24, 2.45) is 0 Å². The molecule has 19 heavy (non-hydrogen) atoms. The van der Waals surface area contributed by atoms with Crippen molar-refractivity contribution in [3.8, 4) is 5.75 Å². The van der Waals surface area contributed by atoms with Crippen molar-refractivity contribution >= 4 is 5.97 Å². The predicted molar refractivity (Wildman–Crippen MR) is 73.8 cm³/mol. The number of benzene rings is 1. The van der Waals surface area contributed by atoms with Gasteiger partial charge in [-0.2, -0.15) is 0 Å². The highest BCUT2D eigenvalue weighted by Gasteiger charge is 2.32. The minimum Gasteiger partial charge on any atom is -0.423 e. The van der Waals surface area contributed by atoms with Crippen molar-refractivity contribution in [1.29, 1.82) is 0 Å². The van der Waals surface area contributed by atoms with E-state index in [1.807, 2.05) is 25.1 Å². The highest BCUT2D eigenvalue weighted by molar-refractivity contribution is 5.92. The van der Waals surface area contributed by atoms with E-state index in [1.54, 1.807) is 30.4 Å². The van der Waals surface area contributed by atoms with Gasteiger partial charge in [-0.05, 0) is 25.1 Å². The molecule has 1 atom stereocenters. The van der Waals surface area contributed by atoms with Crippen molar-refractivity contribution in [2.75, 3.05) is 0 Å². The minimum atomic E-state index is -1.35. The molecule has 0 amide bonds. The second-order valence-corrected chi connectivity index (χ2v) is 4.60. The number of aliphatic hydroxyl groups is 1. The smallest absolute Gasteiger partial charge is 0.342 e. The molecule has 1 aliphatic rings. The molecular formula is C16H16O3. The van der Waals surface area contributed by atoms with Crippen LogP contribution in [0, 0.1) is 6.92 Å². The van der Waals surface area contributed by atoms with Crippen LogP contribution in [0.25, 0.3) is 0 Å². The normalized spacial score (nSPS) is 21.2. The Morgan fingerprint density at radius 3 is 2.58 bits per heavy atom. The Labute approximate surface area is 112 Å². The molecule has 0 saturated carbocycles. The summed E-state index contributed by atoms with van der Waals surface area (Å²) in [4.78, 5) is 12.0. The molecule has 0 spiro atoms. The van der Waals surface area contributed by atoms with Crippen molar-refractivity contribution < 1.29 is 14.6 Å². The van der Waals surface area contributed by atoms with Gasteiger partial charge in [0.25, 0.3) is 0 Å². The Bertz CT molecular complexity index is 552. The van der Waals surface area contributed by atoms with E-state index in [9.17, 15) is 9.90 Å². The van der Waals surface area contributed by atoms with E-state index >= 15 is 0 Å². The average Bonchev–Trinajstić information content (AvgIpc) is 2.41. The fourth-order valence-corrected chi connectivity index (χ4v) is 1.78. The topological polar surface area (TPSA) is 46.5 Å². The Hall–Kier alpha value is -2.13. The molecule has 1 N–H and O–H groups in total. The number of hydrogen-bond donors (Lipinski definition) is 1. The fraction of sp³-hybridized carbons (Fsp3) is 0.188. The number of ether oxygens (including phenoxy) is 1. The Morgan fingerprint density at radius 1 is 1.32 bits per heavy atom. The molecule has 0 aliphatic heterocycles.